The Kier molecular flexibility index (Phi) is 5.09. The average molecular weight is 355 g/mol. The molecule has 1 amide bonds. The molecule has 82 valence electrons. The number of benzene rings is 1. The average Bonchev–Trinajstić information content (AvgIpc) is 2.14. The first-order valence-corrected chi connectivity index (χ1v) is 6.46. The number of rotatable bonds is 3. The molecule has 0 heterocycles. The van der Waals surface area contributed by atoms with Gasteiger partial charge in [0.05, 0.1) is 10.6 Å². The maximum Gasteiger partial charge on any atom is 0.252 e. The minimum atomic E-state index is -0.154. The fourth-order valence-electron chi connectivity index (χ4n) is 1.00. The molecule has 15 heavy (non-hydrogen) atoms. The number of carbonyl (C=O) groups is 1. The number of alkyl halides is 1. The van der Waals surface area contributed by atoms with Gasteiger partial charge < -0.3 is 5.32 Å². The van der Waals surface area contributed by atoms with E-state index >= 15 is 0 Å². The van der Waals surface area contributed by atoms with Crippen molar-refractivity contribution in [3.63, 3.8) is 0 Å². The minimum Gasteiger partial charge on any atom is -0.351 e. The van der Waals surface area contributed by atoms with Gasteiger partial charge in [0.2, 0.25) is 0 Å². The number of hydrogen-bond donors (Lipinski definition) is 1. The number of carbonyl (C=O) groups excluding carboxylic acids is 1. The topological polar surface area (TPSA) is 29.1 Å². The van der Waals surface area contributed by atoms with Crippen LogP contribution in [0.4, 0.5) is 0 Å². The summed E-state index contributed by atoms with van der Waals surface area (Å²) in [4.78, 5) is 11.9. The monoisotopic (exact) mass is 353 g/mol. The number of halogens is 3. The molecule has 5 heteroatoms. The van der Waals surface area contributed by atoms with Crippen molar-refractivity contribution < 1.29 is 4.79 Å². The molecular formula is C10H10Br2ClNO. The highest BCUT2D eigenvalue weighted by Gasteiger charge is 2.10. The lowest BCUT2D eigenvalue weighted by molar-refractivity contribution is 0.0954. The third kappa shape index (κ3) is 4.13. The Balaban J connectivity index is 2.74. The molecule has 1 aromatic carbocycles. The van der Waals surface area contributed by atoms with Crippen molar-refractivity contribution in [2.75, 3.05) is 6.54 Å². The zero-order valence-electron chi connectivity index (χ0n) is 8.06. The first-order chi connectivity index (χ1) is 7.00. The quantitative estimate of drug-likeness (QED) is 0.825. The van der Waals surface area contributed by atoms with Gasteiger partial charge in [-0.3, -0.25) is 4.79 Å². The zero-order chi connectivity index (χ0) is 11.4. The molecule has 0 aliphatic rings. The van der Waals surface area contributed by atoms with Gasteiger partial charge in [0.1, 0.15) is 0 Å². The van der Waals surface area contributed by atoms with Crippen LogP contribution in [0.2, 0.25) is 5.02 Å². The maximum atomic E-state index is 11.6. The highest BCUT2D eigenvalue weighted by Crippen LogP contribution is 2.21. The van der Waals surface area contributed by atoms with Gasteiger partial charge in [-0.05, 0) is 18.2 Å². The second-order valence-corrected chi connectivity index (χ2v) is 6.00. The normalized spacial score (nSPS) is 12.3. The summed E-state index contributed by atoms with van der Waals surface area (Å²) in [5, 5.41) is 3.22. The van der Waals surface area contributed by atoms with Crippen molar-refractivity contribution in [1.82, 2.24) is 5.32 Å². The zero-order valence-corrected chi connectivity index (χ0v) is 12.0. The number of nitrogens with one attached hydrogen (secondary N) is 1. The summed E-state index contributed by atoms with van der Waals surface area (Å²) in [5.74, 6) is -0.154. The highest BCUT2D eigenvalue weighted by molar-refractivity contribution is 9.10. The summed E-state index contributed by atoms with van der Waals surface area (Å²) >= 11 is 12.6. The lowest BCUT2D eigenvalue weighted by atomic mass is 10.2. The Hall–Kier alpha value is -0.0600. The summed E-state index contributed by atoms with van der Waals surface area (Å²) < 4.78 is 0.859. The Labute approximate surface area is 111 Å². The molecule has 0 fully saturated rings. The van der Waals surface area contributed by atoms with Gasteiger partial charge in [-0.2, -0.15) is 0 Å². The van der Waals surface area contributed by atoms with E-state index in [1.54, 1.807) is 18.2 Å². The molecule has 1 rings (SSSR count). The summed E-state index contributed by atoms with van der Waals surface area (Å²) in [7, 11) is 0. The van der Waals surface area contributed by atoms with E-state index in [2.05, 4.69) is 37.2 Å². The molecule has 0 aromatic heterocycles. The molecule has 0 bridgehead atoms. The Morgan fingerprint density at radius 2 is 2.27 bits per heavy atom. The van der Waals surface area contributed by atoms with Gasteiger partial charge in [0, 0.05) is 15.8 Å². The van der Waals surface area contributed by atoms with Gasteiger partial charge in [-0.25, -0.2) is 0 Å². The van der Waals surface area contributed by atoms with Gasteiger partial charge in [0.25, 0.3) is 5.91 Å². The Morgan fingerprint density at radius 1 is 1.60 bits per heavy atom. The fourth-order valence-corrected chi connectivity index (χ4v) is 1.92. The van der Waals surface area contributed by atoms with E-state index in [9.17, 15) is 4.79 Å². The van der Waals surface area contributed by atoms with Crippen LogP contribution in [-0.2, 0) is 0 Å². The van der Waals surface area contributed by atoms with Gasteiger partial charge in [-0.1, -0.05) is 50.4 Å². The molecule has 2 nitrogen and oxygen atoms in total. The Morgan fingerprint density at radius 3 is 2.80 bits per heavy atom. The van der Waals surface area contributed by atoms with Crippen molar-refractivity contribution in [1.29, 1.82) is 0 Å². The van der Waals surface area contributed by atoms with Crippen LogP contribution in [-0.4, -0.2) is 17.3 Å². The summed E-state index contributed by atoms with van der Waals surface area (Å²) in [6.45, 7) is 2.54. The summed E-state index contributed by atoms with van der Waals surface area (Å²) in [6.07, 6.45) is 0. The lowest BCUT2D eigenvalue weighted by Crippen LogP contribution is -2.28. The smallest absolute Gasteiger partial charge is 0.252 e. The third-order valence-electron chi connectivity index (χ3n) is 1.72. The molecule has 1 N–H and O–H groups in total. The standard InChI is InChI=1S/C10H10Br2ClNO/c1-6(11)5-14-10(15)8-3-2-7(12)4-9(8)13/h2-4,6H,5H2,1H3,(H,14,15). The number of hydrogen-bond acceptors (Lipinski definition) is 1. The fraction of sp³-hybridized carbons (Fsp3) is 0.300. The molecule has 0 spiro atoms. The van der Waals surface area contributed by atoms with Crippen molar-refractivity contribution in [3.05, 3.63) is 33.3 Å². The van der Waals surface area contributed by atoms with E-state index in [0.717, 1.165) is 4.47 Å². The maximum absolute atomic E-state index is 11.6. The van der Waals surface area contributed by atoms with E-state index in [1.165, 1.54) is 0 Å². The molecule has 0 radical (unpaired) electrons. The second kappa shape index (κ2) is 5.87. The molecular weight excluding hydrogens is 345 g/mol. The Bertz CT molecular complexity index is 368. The molecule has 1 aromatic rings. The predicted molar refractivity (Wildman–Crippen MR) is 69.9 cm³/mol. The molecule has 0 aliphatic carbocycles. The summed E-state index contributed by atoms with van der Waals surface area (Å²) in [6, 6.07) is 5.19. The van der Waals surface area contributed by atoms with E-state index in [0.29, 0.717) is 17.1 Å². The van der Waals surface area contributed by atoms with Crippen LogP contribution < -0.4 is 5.32 Å². The van der Waals surface area contributed by atoms with Crippen molar-refractivity contribution in [2.24, 2.45) is 0 Å². The molecule has 0 saturated carbocycles. The largest absolute Gasteiger partial charge is 0.351 e. The molecule has 0 saturated heterocycles. The van der Waals surface area contributed by atoms with E-state index in [4.69, 9.17) is 11.6 Å². The van der Waals surface area contributed by atoms with Crippen LogP contribution in [0.15, 0.2) is 22.7 Å². The van der Waals surface area contributed by atoms with Crippen LogP contribution in [0.5, 0.6) is 0 Å². The van der Waals surface area contributed by atoms with Gasteiger partial charge in [-0.15, -0.1) is 0 Å². The van der Waals surface area contributed by atoms with Crippen LogP contribution in [0.1, 0.15) is 17.3 Å². The van der Waals surface area contributed by atoms with Crippen LogP contribution in [0.25, 0.3) is 0 Å². The lowest BCUT2D eigenvalue weighted by Gasteiger charge is -2.08. The minimum absolute atomic E-state index is 0.154. The predicted octanol–water partition coefficient (Wildman–Crippen LogP) is 3.62. The first-order valence-electron chi connectivity index (χ1n) is 4.38. The molecule has 1 atom stereocenters. The van der Waals surface area contributed by atoms with E-state index in [1.807, 2.05) is 6.92 Å². The van der Waals surface area contributed by atoms with E-state index in [-0.39, 0.29) is 10.7 Å². The number of amides is 1. The van der Waals surface area contributed by atoms with Gasteiger partial charge >= 0.3 is 0 Å². The SMILES string of the molecule is CC(Br)CNC(=O)c1ccc(Br)cc1Cl. The molecule has 0 aliphatic heterocycles. The van der Waals surface area contributed by atoms with Crippen LogP contribution in [0, 0.1) is 0 Å². The van der Waals surface area contributed by atoms with Crippen molar-refractivity contribution in [2.45, 2.75) is 11.8 Å². The highest BCUT2D eigenvalue weighted by atomic mass is 79.9. The van der Waals surface area contributed by atoms with Crippen molar-refractivity contribution >= 4 is 49.4 Å². The van der Waals surface area contributed by atoms with Crippen molar-refractivity contribution in [3.8, 4) is 0 Å². The van der Waals surface area contributed by atoms with E-state index < -0.39 is 0 Å². The first kappa shape index (κ1) is 13.0. The van der Waals surface area contributed by atoms with Gasteiger partial charge in [0.15, 0.2) is 0 Å². The molecule has 1 unspecified atom stereocenters. The summed E-state index contributed by atoms with van der Waals surface area (Å²) in [5.41, 5.74) is 0.494. The van der Waals surface area contributed by atoms with Crippen LogP contribution in [0.3, 0.4) is 0 Å². The third-order valence-corrected chi connectivity index (χ3v) is 2.85. The second-order valence-electron chi connectivity index (χ2n) is 3.11. The van der Waals surface area contributed by atoms with Crippen LogP contribution >= 0.6 is 43.5 Å².